The minimum Gasteiger partial charge on any atom is -0.468 e. The number of carbonyl (C=O) groups is 2. The van der Waals surface area contributed by atoms with Crippen molar-refractivity contribution in [3.63, 3.8) is 0 Å². The van der Waals surface area contributed by atoms with Crippen molar-refractivity contribution in [2.45, 2.75) is 31.7 Å². The number of nitrogens with one attached hydrogen (secondary N) is 1. The Labute approximate surface area is 133 Å². The summed E-state index contributed by atoms with van der Waals surface area (Å²) in [7, 11) is 1.34. The fraction of sp³-hybridized carbons (Fsp3) is 0.467. The Bertz CT molecular complexity index is 607. The zero-order valence-electron chi connectivity index (χ0n) is 12.2. The maximum absolute atomic E-state index is 12.2. The standard InChI is InChI=1S/C15H17ClN2O4/c1-21-14(19)13-5-10(6-17-13)22-15(20)18-7-9-3-2-4-12(16)11(9)8-18/h2-4,10,13,17H,5-8H2,1H3/t10-,13+/m1/s1. The zero-order chi connectivity index (χ0) is 15.7. The van der Waals surface area contributed by atoms with Gasteiger partial charge in [-0.1, -0.05) is 23.7 Å². The van der Waals surface area contributed by atoms with E-state index < -0.39 is 6.04 Å². The molecule has 0 bridgehead atoms. The summed E-state index contributed by atoms with van der Waals surface area (Å²) in [6, 6.07) is 5.24. The van der Waals surface area contributed by atoms with E-state index in [2.05, 4.69) is 10.1 Å². The van der Waals surface area contributed by atoms with E-state index >= 15 is 0 Å². The Morgan fingerprint density at radius 1 is 1.36 bits per heavy atom. The van der Waals surface area contributed by atoms with Gasteiger partial charge in [0.05, 0.1) is 13.7 Å². The van der Waals surface area contributed by atoms with Crippen molar-refractivity contribution in [3.05, 3.63) is 34.3 Å². The minimum absolute atomic E-state index is 0.323. The van der Waals surface area contributed by atoms with Crippen LogP contribution in [0.15, 0.2) is 18.2 Å². The average Bonchev–Trinajstić information content (AvgIpc) is 3.13. The zero-order valence-corrected chi connectivity index (χ0v) is 12.9. The van der Waals surface area contributed by atoms with Gasteiger partial charge in [-0.2, -0.15) is 0 Å². The molecule has 2 aliphatic heterocycles. The largest absolute Gasteiger partial charge is 0.468 e. The fourth-order valence-corrected chi connectivity index (χ4v) is 3.10. The van der Waals surface area contributed by atoms with Gasteiger partial charge < -0.3 is 14.8 Å². The topological polar surface area (TPSA) is 67.9 Å². The maximum atomic E-state index is 12.2. The monoisotopic (exact) mass is 324 g/mol. The van der Waals surface area contributed by atoms with Crippen molar-refractivity contribution in [2.24, 2.45) is 0 Å². The van der Waals surface area contributed by atoms with E-state index in [-0.39, 0.29) is 18.2 Å². The number of hydrogen-bond acceptors (Lipinski definition) is 5. The molecule has 1 amide bonds. The van der Waals surface area contributed by atoms with Gasteiger partial charge in [-0.05, 0) is 17.2 Å². The molecular formula is C15H17ClN2O4. The number of benzene rings is 1. The summed E-state index contributed by atoms with van der Waals surface area (Å²) < 4.78 is 10.1. The third-order valence-corrected chi connectivity index (χ3v) is 4.38. The Morgan fingerprint density at radius 3 is 2.91 bits per heavy atom. The highest BCUT2D eigenvalue weighted by Gasteiger charge is 2.34. The van der Waals surface area contributed by atoms with E-state index in [0.29, 0.717) is 31.1 Å². The van der Waals surface area contributed by atoms with Gasteiger partial charge in [0.15, 0.2) is 0 Å². The van der Waals surface area contributed by atoms with Crippen LogP contribution in [0.1, 0.15) is 17.5 Å². The molecule has 2 aliphatic rings. The first-order chi connectivity index (χ1) is 10.6. The molecular weight excluding hydrogens is 308 g/mol. The smallest absolute Gasteiger partial charge is 0.410 e. The van der Waals surface area contributed by atoms with Gasteiger partial charge in [0.2, 0.25) is 0 Å². The van der Waals surface area contributed by atoms with Crippen molar-refractivity contribution in [1.82, 2.24) is 10.2 Å². The van der Waals surface area contributed by atoms with Crippen molar-refractivity contribution in [3.8, 4) is 0 Å². The van der Waals surface area contributed by atoms with Gasteiger partial charge >= 0.3 is 12.1 Å². The maximum Gasteiger partial charge on any atom is 0.410 e. The lowest BCUT2D eigenvalue weighted by Crippen LogP contribution is -2.31. The Hall–Kier alpha value is -1.79. The second kappa shape index (κ2) is 6.14. The van der Waals surface area contributed by atoms with Crippen LogP contribution in [0.4, 0.5) is 4.79 Å². The molecule has 0 aromatic heterocycles. The molecule has 2 heterocycles. The van der Waals surface area contributed by atoms with Crippen LogP contribution in [-0.2, 0) is 27.4 Å². The van der Waals surface area contributed by atoms with E-state index in [1.165, 1.54) is 7.11 Å². The van der Waals surface area contributed by atoms with Crippen LogP contribution in [0.5, 0.6) is 0 Å². The van der Waals surface area contributed by atoms with Gasteiger partial charge in [0.1, 0.15) is 12.1 Å². The third kappa shape index (κ3) is 2.89. The Balaban J connectivity index is 1.56. The summed E-state index contributed by atoms with van der Waals surface area (Å²) in [5.74, 6) is -0.334. The van der Waals surface area contributed by atoms with Crippen LogP contribution >= 0.6 is 11.6 Å². The highest BCUT2D eigenvalue weighted by molar-refractivity contribution is 6.31. The molecule has 6 nitrogen and oxygen atoms in total. The molecule has 7 heteroatoms. The van der Waals surface area contributed by atoms with E-state index in [0.717, 1.165) is 11.1 Å². The molecule has 1 fully saturated rings. The second-order valence-corrected chi connectivity index (χ2v) is 5.87. The van der Waals surface area contributed by atoms with E-state index in [9.17, 15) is 9.59 Å². The molecule has 0 unspecified atom stereocenters. The molecule has 1 saturated heterocycles. The summed E-state index contributed by atoms with van der Waals surface area (Å²) in [4.78, 5) is 25.3. The number of ether oxygens (including phenoxy) is 2. The summed E-state index contributed by atoms with van der Waals surface area (Å²) in [5, 5.41) is 3.66. The first-order valence-corrected chi connectivity index (χ1v) is 7.49. The fourth-order valence-electron chi connectivity index (χ4n) is 2.84. The molecule has 0 saturated carbocycles. The van der Waals surface area contributed by atoms with Gasteiger partial charge in [0.25, 0.3) is 0 Å². The van der Waals surface area contributed by atoms with Crippen LogP contribution in [0.2, 0.25) is 5.02 Å². The molecule has 2 atom stereocenters. The highest BCUT2D eigenvalue weighted by Crippen LogP contribution is 2.29. The van der Waals surface area contributed by atoms with Crippen LogP contribution < -0.4 is 5.32 Å². The molecule has 3 rings (SSSR count). The molecule has 0 spiro atoms. The van der Waals surface area contributed by atoms with Crippen LogP contribution in [0.25, 0.3) is 0 Å². The number of halogens is 1. The summed E-state index contributed by atoms with van der Waals surface area (Å²) >= 11 is 6.14. The van der Waals surface area contributed by atoms with Crippen molar-refractivity contribution < 1.29 is 19.1 Å². The predicted molar refractivity (Wildman–Crippen MR) is 79.4 cm³/mol. The molecule has 118 valence electrons. The number of esters is 1. The average molecular weight is 325 g/mol. The normalized spacial score (nSPS) is 23.3. The number of nitrogens with zero attached hydrogens (tertiary/aromatic N) is 1. The lowest BCUT2D eigenvalue weighted by atomic mass is 10.1. The lowest BCUT2D eigenvalue weighted by molar-refractivity contribution is -0.142. The van der Waals surface area contributed by atoms with E-state index in [1.807, 2.05) is 18.2 Å². The Kier molecular flexibility index (Phi) is 4.22. The molecule has 1 aromatic carbocycles. The van der Waals surface area contributed by atoms with Crippen molar-refractivity contribution >= 4 is 23.7 Å². The van der Waals surface area contributed by atoms with E-state index in [4.69, 9.17) is 16.3 Å². The SMILES string of the molecule is COC(=O)[C@@H]1C[C@@H](OC(=O)N2Cc3cccc(Cl)c3C2)CN1. The molecule has 22 heavy (non-hydrogen) atoms. The number of carbonyl (C=O) groups excluding carboxylic acids is 2. The van der Waals surface area contributed by atoms with Gasteiger partial charge in [-0.3, -0.25) is 9.69 Å². The summed E-state index contributed by atoms with van der Waals surface area (Å²) in [6.07, 6.45) is -0.277. The molecule has 1 N–H and O–H groups in total. The molecule has 1 aromatic rings. The number of hydrogen-bond donors (Lipinski definition) is 1. The van der Waals surface area contributed by atoms with Crippen LogP contribution in [-0.4, -0.2) is 42.8 Å². The lowest BCUT2D eigenvalue weighted by Gasteiger charge is -2.18. The number of methoxy groups -OCH3 is 1. The molecule has 0 aliphatic carbocycles. The number of fused-ring (bicyclic) bond motifs is 1. The number of amides is 1. The first-order valence-electron chi connectivity index (χ1n) is 7.11. The summed E-state index contributed by atoms with van der Waals surface area (Å²) in [5.41, 5.74) is 2.01. The van der Waals surface area contributed by atoms with Crippen molar-refractivity contribution in [1.29, 1.82) is 0 Å². The predicted octanol–water partition coefficient (Wildman–Crippen LogP) is 1.70. The number of rotatable bonds is 2. The third-order valence-electron chi connectivity index (χ3n) is 4.03. The second-order valence-electron chi connectivity index (χ2n) is 5.46. The van der Waals surface area contributed by atoms with Crippen molar-refractivity contribution in [2.75, 3.05) is 13.7 Å². The molecule has 0 radical (unpaired) electrons. The van der Waals surface area contributed by atoms with Gasteiger partial charge in [-0.25, -0.2) is 4.79 Å². The van der Waals surface area contributed by atoms with Crippen LogP contribution in [0.3, 0.4) is 0 Å². The van der Waals surface area contributed by atoms with Gasteiger partial charge in [0, 0.05) is 24.5 Å². The first kappa shape index (κ1) is 15.1. The summed E-state index contributed by atoms with van der Waals surface area (Å²) in [6.45, 7) is 1.40. The highest BCUT2D eigenvalue weighted by atomic mass is 35.5. The van der Waals surface area contributed by atoms with Crippen LogP contribution in [0, 0.1) is 0 Å². The Morgan fingerprint density at radius 2 is 2.18 bits per heavy atom. The quantitative estimate of drug-likeness (QED) is 0.839. The minimum atomic E-state index is -0.409. The van der Waals surface area contributed by atoms with E-state index in [1.54, 1.807) is 4.90 Å². The van der Waals surface area contributed by atoms with Gasteiger partial charge in [-0.15, -0.1) is 0 Å².